The zero-order chi connectivity index (χ0) is 14.6. The van der Waals surface area contributed by atoms with Crippen molar-refractivity contribution in [2.75, 3.05) is 5.75 Å². The van der Waals surface area contributed by atoms with Gasteiger partial charge in [0.15, 0.2) is 10.7 Å². The van der Waals surface area contributed by atoms with Crippen LogP contribution >= 0.6 is 11.8 Å². The van der Waals surface area contributed by atoms with Crippen LogP contribution in [0.2, 0.25) is 0 Å². The van der Waals surface area contributed by atoms with Crippen LogP contribution in [-0.2, 0) is 14.3 Å². The first-order valence-electron chi connectivity index (χ1n) is 6.56. The number of carboxylic acid groups (broad SMARTS) is 1. The summed E-state index contributed by atoms with van der Waals surface area (Å²) < 4.78 is 5.79. The van der Waals surface area contributed by atoms with Crippen molar-refractivity contribution in [1.29, 1.82) is 0 Å². The number of ether oxygens (including phenoxy) is 1. The van der Waals surface area contributed by atoms with Gasteiger partial charge in [0.1, 0.15) is 0 Å². The zero-order valence-electron chi connectivity index (χ0n) is 11.8. The van der Waals surface area contributed by atoms with Crippen molar-refractivity contribution >= 4 is 22.8 Å². The molecule has 5 heteroatoms. The van der Waals surface area contributed by atoms with E-state index in [2.05, 4.69) is 6.58 Å². The third-order valence-corrected chi connectivity index (χ3v) is 4.42. The van der Waals surface area contributed by atoms with E-state index < -0.39 is 11.6 Å². The van der Waals surface area contributed by atoms with E-state index in [1.165, 1.54) is 11.8 Å². The Morgan fingerprint density at radius 1 is 1.53 bits per heavy atom. The van der Waals surface area contributed by atoms with Crippen molar-refractivity contribution in [3.63, 3.8) is 0 Å². The minimum atomic E-state index is -1.33. The number of hydrogen-bond donors (Lipinski definition) is 1. The van der Waals surface area contributed by atoms with Crippen molar-refractivity contribution in [2.24, 2.45) is 5.92 Å². The molecule has 1 saturated heterocycles. The predicted octanol–water partition coefficient (Wildman–Crippen LogP) is 2.87. The number of hydrogen-bond acceptors (Lipinski definition) is 4. The molecular formula is C14H22O4S. The molecule has 1 aliphatic heterocycles. The number of carboxylic acids is 1. The van der Waals surface area contributed by atoms with Crippen molar-refractivity contribution in [1.82, 2.24) is 0 Å². The third-order valence-electron chi connectivity index (χ3n) is 3.65. The van der Waals surface area contributed by atoms with Gasteiger partial charge >= 0.3 is 5.97 Å². The lowest BCUT2D eigenvalue weighted by molar-refractivity contribution is -0.183. The maximum atomic E-state index is 11.7. The van der Waals surface area contributed by atoms with Crippen molar-refractivity contribution in [3.05, 3.63) is 12.2 Å². The van der Waals surface area contributed by atoms with Crippen LogP contribution in [0.3, 0.4) is 0 Å². The van der Waals surface area contributed by atoms with E-state index in [1.54, 1.807) is 6.92 Å². The summed E-state index contributed by atoms with van der Waals surface area (Å²) in [5, 5.41) is 9.48. The maximum absolute atomic E-state index is 11.7. The minimum Gasteiger partial charge on any atom is -0.479 e. The Morgan fingerprint density at radius 3 is 2.63 bits per heavy atom. The van der Waals surface area contributed by atoms with E-state index in [0.29, 0.717) is 12.0 Å². The Hall–Kier alpha value is -0.810. The van der Waals surface area contributed by atoms with Gasteiger partial charge in [0, 0.05) is 6.42 Å². The highest BCUT2D eigenvalue weighted by Gasteiger charge is 2.47. The SMILES string of the molecule is C=C(C)[C@]1(C(=O)O)CCC(C)C(CC(=O)SCC)O1. The second kappa shape index (κ2) is 6.57. The maximum Gasteiger partial charge on any atom is 0.340 e. The second-order valence-electron chi connectivity index (χ2n) is 5.09. The molecule has 1 N–H and O–H groups in total. The highest BCUT2D eigenvalue weighted by molar-refractivity contribution is 8.13. The monoisotopic (exact) mass is 286 g/mol. The molecule has 1 aliphatic rings. The molecule has 3 atom stereocenters. The third kappa shape index (κ3) is 3.60. The standard InChI is InChI=1S/C14H22O4S/c1-5-19-12(15)8-11-10(4)6-7-14(18-11,9(2)3)13(16)17/h10-11H,2,5-8H2,1,3-4H3,(H,16,17)/t10?,11?,14-/m0/s1. The number of thioether (sulfide) groups is 1. The van der Waals surface area contributed by atoms with Crippen molar-refractivity contribution in [3.8, 4) is 0 Å². The molecule has 0 aromatic carbocycles. The molecule has 4 nitrogen and oxygen atoms in total. The van der Waals surface area contributed by atoms with Gasteiger partial charge in [-0.3, -0.25) is 4.79 Å². The summed E-state index contributed by atoms with van der Waals surface area (Å²) >= 11 is 1.26. The molecule has 0 amide bonds. The fraction of sp³-hybridized carbons (Fsp3) is 0.714. The summed E-state index contributed by atoms with van der Waals surface area (Å²) in [7, 11) is 0. The lowest BCUT2D eigenvalue weighted by Crippen LogP contribution is -2.51. The van der Waals surface area contributed by atoms with E-state index in [4.69, 9.17) is 4.74 Å². The predicted molar refractivity (Wildman–Crippen MR) is 76.2 cm³/mol. The average molecular weight is 286 g/mol. The molecular weight excluding hydrogens is 264 g/mol. The number of carbonyl (C=O) groups excluding carboxylic acids is 1. The fourth-order valence-electron chi connectivity index (χ4n) is 2.33. The Balaban J connectivity index is 2.84. The van der Waals surface area contributed by atoms with Crippen LogP contribution in [0.15, 0.2) is 12.2 Å². The lowest BCUT2D eigenvalue weighted by Gasteiger charge is -2.41. The molecule has 1 heterocycles. The summed E-state index contributed by atoms with van der Waals surface area (Å²) in [6, 6.07) is 0. The number of carbonyl (C=O) groups is 2. The van der Waals surface area contributed by atoms with Crippen LogP contribution in [-0.4, -0.2) is 33.6 Å². The van der Waals surface area contributed by atoms with Gasteiger partial charge in [-0.15, -0.1) is 0 Å². The van der Waals surface area contributed by atoms with E-state index in [0.717, 1.165) is 12.2 Å². The van der Waals surface area contributed by atoms with E-state index in [1.807, 2.05) is 13.8 Å². The molecule has 0 spiro atoms. The Labute approximate surface area is 118 Å². The number of rotatable bonds is 5. The van der Waals surface area contributed by atoms with Gasteiger partial charge in [0.2, 0.25) is 0 Å². The average Bonchev–Trinajstić information content (AvgIpc) is 2.31. The second-order valence-corrected chi connectivity index (χ2v) is 6.42. The smallest absolute Gasteiger partial charge is 0.340 e. The molecule has 19 heavy (non-hydrogen) atoms. The van der Waals surface area contributed by atoms with E-state index >= 15 is 0 Å². The highest BCUT2D eigenvalue weighted by atomic mass is 32.2. The molecule has 0 aromatic rings. The molecule has 0 aliphatic carbocycles. The van der Waals surface area contributed by atoms with Crippen LogP contribution in [0.5, 0.6) is 0 Å². The van der Waals surface area contributed by atoms with Gasteiger partial charge in [-0.25, -0.2) is 4.79 Å². The molecule has 1 fully saturated rings. The highest BCUT2D eigenvalue weighted by Crippen LogP contribution is 2.38. The summed E-state index contributed by atoms with van der Waals surface area (Å²) in [5.41, 5.74) is -0.832. The van der Waals surface area contributed by atoms with Gasteiger partial charge < -0.3 is 9.84 Å². The van der Waals surface area contributed by atoms with E-state index in [9.17, 15) is 14.7 Å². The molecule has 0 aromatic heterocycles. The first-order chi connectivity index (χ1) is 8.83. The Bertz CT molecular complexity index is 364. The summed E-state index contributed by atoms with van der Waals surface area (Å²) in [4.78, 5) is 23.2. The topological polar surface area (TPSA) is 63.6 Å². The Kier molecular flexibility index (Phi) is 5.62. The summed E-state index contributed by atoms with van der Waals surface area (Å²) in [6.45, 7) is 9.34. The van der Waals surface area contributed by atoms with Gasteiger partial charge in [0.25, 0.3) is 0 Å². The molecule has 2 unspecified atom stereocenters. The molecule has 108 valence electrons. The molecule has 0 saturated carbocycles. The lowest BCUT2D eigenvalue weighted by atomic mass is 9.81. The molecule has 1 rings (SSSR count). The van der Waals surface area contributed by atoms with Crippen molar-refractivity contribution < 1.29 is 19.4 Å². The largest absolute Gasteiger partial charge is 0.479 e. The minimum absolute atomic E-state index is 0.0576. The van der Waals surface area contributed by atoms with Crippen LogP contribution < -0.4 is 0 Å². The van der Waals surface area contributed by atoms with Gasteiger partial charge in [-0.1, -0.05) is 32.2 Å². The number of aliphatic carboxylic acids is 1. The van der Waals surface area contributed by atoms with Gasteiger partial charge in [-0.05, 0) is 37.0 Å². The van der Waals surface area contributed by atoms with Gasteiger partial charge in [0.05, 0.1) is 6.10 Å². The Morgan fingerprint density at radius 2 is 2.16 bits per heavy atom. The fourth-order valence-corrected chi connectivity index (χ4v) is 2.94. The normalized spacial score (nSPS) is 30.9. The van der Waals surface area contributed by atoms with Crippen LogP contribution in [0.1, 0.15) is 40.0 Å². The van der Waals surface area contributed by atoms with Crippen LogP contribution in [0.4, 0.5) is 0 Å². The van der Waals surface area contributed by atoms with Gasteiger partial charge in [-0.2, -0.15) is 0 Å². The van der Waals surface area contributed by atoms with Crippen LogP contribution in [0, 0.1) is 5.92 Å². The molecule has 0 radical (unpaired) electrons. The van der Waals surface area contributed by atoms with Crippen LogP contribution in [0.25, 0.3) is 0 Å². The summed E-state index contributed by atoms with van der Waals surface area (Å²) in [5.74, 6) is -0.0921. The molecule has 0 bridgehead atoms. The first-order valence-corrected chi connectivity index (χ1v) is 7.55. The quantitative estimate of drug-likeness (QED) is 0.787. The summed E-state index contributed by atoms with van der Waals surface area (Å²) in [6.07, 6.45) is 1.08. The van der Waals surface area contributed by atoms with Crippen molar-refractivity contribution in [2.45, 2.75) is 51.7 Å². The van der Waals surface area contributed by atoms with E-state index in [-0.39, 0.29) is 23.6 Å². The first kappa shape index (κ1) is 16.2. The zero-order valence-corrected chi connectivity index (χ0v) is 12.6.